The molecule has 0 saturated heterocycles. The third-order valence-electron chi connectivity index (χ3n) is 4.45. The molecule has 0 aliphatic rings. The summed E-state index contributed by atoms with van der Waals surface area (Å²) in [7, 11) is 5.88. The molecule has 0 radical (unpaired) electrons. The molecule has 2 N–H and O–H groups in total. The summed E-state index contributed by atoms with van der Waals surface area (Å²) in [5.74, 6) is 0.785. The highest BCUT2D eigenvalue weighted by Crippen LogP contribution is 2.12. The van der Waals surface area contributed by atoms with Crippen LogP contribution in [0.2, 0.25) is 0 Å². The zero-order chi connectivity index (χ0) is 18.2. The van der Waals surface area contributed by atoms with E-state index in [2.05, 4.69) is 70.8 Å². The zero-order valence-corrected chi connectivity index (χ0v) is 18.7. The van der Waals surface area contributed by atoms with Gasteiger partial charge in [-0.2, -0.15) is 5.10 Å². The maximum Gasteiger partial charge on any atom is 0.191 e. The lowest BCUT2D eigenvalue weighted by atomic mass is 10.1. The van der Waals surface area contributed by atoms with Gasteiger partial charge in [0.25, 0.3) is 0 Å². The molecule has 7 heteroatoms. The number of nitrogens with one attached hydrogen (secondary N) is 2. The van der Waals surface area contributed by atoms with Gasteiger partial charge in [-0.05, 0) is 38.1 Å². The number of benzene rings is 1. The molecule has 0 fully saturated rings. The van der Waals surface area contributed by atoms with E-state index >= 15 is 0 Å². The lowest BCUT2D eigenvalue weighted by Gasteiger charge is -2.23. The molecule has 0 aliphatic heterocycles. The van der Waals surface area contributed by atoms with Crippen molar-refractivity contribution < 1.29 is 0 Å². The van der Waals surface area contributed by atoms with Crippen LogP contribution in [0.4, 0.5) is 0 Å². The quantitative estimate of drug-likeness (QED) is 0.371. The number of aromatic nitrogens is 2. The molecule has 26 heavy (non-hydrogen) atoms. The fraction of sp³-hybridized carbons (Fsp3) is 0.474. The standard InChI is InChI=1S/C19H30N6.HI/c1-15(2)24(4)14-17-9-7-6-8-16(17)12-21-19(20-3)22-13-18-10-11-23-25(18)5;/h6-11,15H,12-14H2,1-5H3,(H2,20,21,22);1H. The number of halogens is 1. The third-order valence-corrected chi connectivity index (χ3v) is 4.45. The van der Waals surface area contributed by atoms with Crippen molar-refractivity contribution in [1.82, 2.24) is 25.3 Å². The van der Waals surface area contributed by atoms with Crippen LogP contribution in [0, 0.1) is 0 Å². The van der Waals surface area contributed by atoms with Gasteiger partial charge in [0.1, 0.15) is 0 Å². The smallest absolute Gasteiger partial charge is 0.191 e. The molecule has 0 spiro atoms. The second kappa shape index (κ2) is 11.2. The topological polar surface area (TPSA) is 57.5 Å². The Hall–Kier alpha value is -1.61. The van der Waals surface area contributed by atoms with E-state index in [4.69, 9.17) is 0 Å². The normalized spacial score (nSPS) is 11.6. The monoisotopic (exact) mass is 470 g/mol. The molecule has 0 atom stereocenters. The summed E-state index contributed by atoms with van der Waals surface area (Å²) in [6.45, 7) is 6.80. The van der Waals surface area contributed by atoms with Crippen LogP contribution in [0.15, 0.2) is 41.5 Å². The Morgan fingerprint density at radius 1 is 1.15 bits per heavy atom. The molecule has 2 rings (SSSR count). The SMILES string of the molecule is CN=C(NCc1ccccc1CN(C)C(C)C)NCc1ccnn1C.I. The predicted molar refractivity (Wildman–Crippen MR) is 119 cm³/mol. The molecular formula is C19H31IN6. The molecule has 1 aromatic heterocycles. The van der Waals surface area contributed by atoms with Crippen LogP contribution in [-0.4, -0.2) is 40.8 Å². The van der Waals surface area contributed by atoms with Crippen molar-refractivity contribution in [2.75, 3.05) is 14.1 Å². The molecule has 144 valence electrons. The van der Waals surface area contributed by atoms with E-state index in [9.17, 15) is 0 Å². The van der Waals surface area contributed by atoms with Crippen molar-refractivity contribution in [3.05, 3.63) is 53.3 Å². The number of aliphatic imine (C=N–C) groups is 1. The van der Waals surface area contributed by atoms with E-state index in [0.29, 0.717) is 12.6 Å². The Kier molecular flexibility index (Phi) is 9.64. The van der Waals surface area contributed by atoms with E-state index in [0.717, 1.165) is 24.7 Å². The van der Waals surface area contributed by atoms with E-state index in [1.165, 1.54) is 11.1 Å². The van der Waals surface area contributed by atoms with Gasteiger partial charge < -0.3 is 10.6 Å². The molecule has 0 saturated carbocycles. The predicted octanol–water partition coefficient (Wildman–Crippen LogP) is 2.74. The van der Waals surface area contributed by atoms with Crippen molar-refractivity contribution >= 4 is 29.9 Å². The summed E-state index contributed by atoms with van der Waals surface area (Å²) >= 11 is 0. The summed E-state index contributed by atoms with van der Waals surface area (Å²) in [6.07, 6.45) is 1.80. The second-order valence-electron chi connectivity index (χ2n) is 6.50. The summed E-state index contributed by atoms with van der Waals surface area (Å²) in [5, 5.41) is 10.9. The first kappa shape index (κ1) is 22.4. The molecule has 0 aliphatic carbocycles. The maximum absolute atomic E-state index is 4.31. The Bertz CT molecular complexity index is 695. The number of nitrogens with zero attached hydrogens (tertiary/aromatic N) is 4. The van der Waals surface area contributed by atoms with Gasteiger partial charge in [-0.3, -0.25) is 14.6 Å². The fourth-order valence-electron chi connectivity index (χ4n) is 2.48. The largest absolute Gasteiger partial charge is 0.352 e. The van der Waals surface area contributed by atoms with Crippen molar-refractivity contribution in [1.29, 1.82) is 0 Å². The molecule has 1 aromatic carbocycles. The van der Waals surface area contributed by atoms with Gasteiger partial charge in [-0.1, -0.05) is 24.3 Å². The average Bonchev–Trinajstić information content (AvgIpc) is 3.01. The summed E-state index contributed by atoms with van der Waals surface area (Å²) in [4.78, 5) is 6.65. The van der Waals surface area contributed by atoms with Crippen LogP contribution in [-0.2, 0) is 26.7 Å². The minimum atomic E-state index is 0. The van der Waals surface area contributed by atoms with Gasteiger partial charge in [0, 0.05) is 39.4 Å². The van der Waals surface area contributed by atoms with Crippen molar-refractivity contribution in [2.24, 2.45) is 12.0 Å². The Morgan fingerprint density at radius 2 is 1.81 bits per heavy atom. The van der Waals surface area contributed by atoms with Crippen LogP contribution in [0.25, 0.3) is 0 Å². The third kappa shape index (κ3) is 6.60. The van der Waals surface area contributed by atoms with Gasteiger partial charge in [0.05, 0.1) is 12.2 Å². The van der Waals surface area contributed by atoms with Crippen LogP contribution in [0.1, 0.15) is 30.7 Å². The van der Waals surface area contributed by atoms with Crippen LogP contribution < -0.4 is 10.6 Å². The van der Waals surface area contributed by atoms with Crippen LogP contribution in [0.3, 0.4) is 0 Å². The minimum Gasteiger partial charge on any atom is -0.352 e. The van der Waals surface area contributed by atoms with Gasteiger partial charge in [0.2, 0.25) is 0 Å². The molecule has 0 amide bonds. The van der Waals surface area contributed by atoms with Crippen LogP contribution >= 0.6 is 24.0 Å². The lowest BCUT2D eigenvalue weighted by Crippen LogP contribution is -2.37. The maximum atomic E-state index is 4.31. The first-order valence-electron chi connectivity index (χ1n) is 8.69. The van der Waals surface area contributed by atoms with Crippen molar-refractivity contribution in [3.63, 3.8) is 0 Å². The highest BCUT2D eigenvalue weighted by molar-refractivity contribution is 14.0. The highest BCUT2D eigenvalue weighted by Gasteiger charge is 2.09. The number of hydrogen-bond acceptors (Lipinski definition) is 3. The Labute approximate surface area is 174 Å². The molecule has 6 nitrogen and oxygen atoms in total. The van der Waals surface area contributed by atoms with E-state index < -0.39 is 0 Å². The number of hydrogen-bond donors (Lipinski definition) is 2. The minimum absolute atomic E-state index is 0. The first-order valence-corrected chi connectivity index (χ1v) is 8.69. The number of aryl methyl sites for hydroxylation is 1. The lowest BCUT2D eigenvalue weighted by molar-refractivity contribution is 0.265. The summed E-state index contributed by atoms with van der Waals surface area (Å²) < 4.78 is 1.86. The fourth-order valence-corrected chi connectivity index (χ4v) is 2.48. The van der Waals surface area contributed by atoms with Gasteiger partial charge >= 0.3 is 0 Å². The molecule has 1 heterocycles. The Balaban J connectivity index is 0.00000338. The number of guanidine groups is 1. The average molecular weight is 470 g/mol. The Morgan fingerprint density at radius 3 is 2.38 bits per heavy atom. The van der Waals surface area contributed by atoms with Gasteiger partial charge in [0.15, 0.2) is 5.96 Å². The van der Waals surface area contributed by atoms with E-state index in [1.807, 2.05) is 17.8 Å². The summed E-state index contributed by atoms with van der Waals surface area (Å²) in [5.41, 5.74) is 3.74. The zero-order valence-electron chi connectivity index (χ0n) is 16.4. The van der Waals surface area contributed by atoms with Gasteiger partial charge in [-0.25, -0.2) is 0 Å². The molecular weight excluding hydrogens is 439 g/mol. The van der Waals surface area contributed by atoms with Crippen LogP contribution in [0.5, 0.6) is 0 Å². The van der Waals surface area contributed by atoms with Crippen molar-refractivity contribution in [2.45, 2.75) is 39.5 Å². The van der Waals surface area contributed by atoms with Crippen molar-refractivity contribution in [3.8, 4) is 0 Å². The highest BCUT2D eigenvalue weighted by atomic mass is 127. The number of rotatable bonds is 7. The molecule has 0 unspecified atom stereocenters. The molecule has 0 bridgehead atoms. The molecule has 2 aromatic rings. The summed E-state index contributed by atoms with van der Waals surface area (Å²) in [6, 6.07) is 11.1. The van der Waals surface area contributed by atoms with Gasteiger partial charge in [-0.15, -0.1) is 24.0 Å². The second-order valence-corrected chi connectivity index (χ2v) is 6.50. The van der Waals surface area contributed by atoms with E-state index in [1.54, 1.807) is 13.2 Å². The van der Waals surface area contributed by atoms with E-state index in [-0.39, 0.29) is 24.0 Å². The first-order chi connectivity index (χ1) is 12.0.